The molecule has 0 radical (unpaired) electrons. The molecule has 1 nitrogen and oxygen atoms in total. The topological polar surface area (TPSA) is 12.0 Å². The highest BCUT2D eigenvalue weighted by molar-refractivity contribution is 5.16. The predicted molar refractivity (Wildman–Crippen MR) is 70.6 cm³/mol. The van der Waals surface area contributed by atoms with Crippen molar-refractivity contribution in [2.75, 3.05) is 6.54 Å². The van der Waals surface area contributed by atoms with Gasteiger partial charge >= 0.3 is 0 Å². The molecule has 1 fully saturated rings. The molecule has 2 aliphatic rings. The van der Waals surface area contributed by atoms with E-state index in [0.29, 0.717) is 0 Å². The molecule has 92 valence electrons. The summed E-state index contributed by atoms with van der Waals surface area (Å²) in [5.74, 6) is 0.935. The summed E-state index contributed by atoms with van der Waals surface area (Å²) < 4.78 is 0. The second-order valence-corrected chi connectivity index (χ2v) is 5.50. The molecule has 16 heavy (non-hydrogen) atoms. The lowest BCUT2D eigenvalue weighted by atomic mass is 9.80. The van der Waals surface area contributed by atoms with E-state index in [4.69, 9.17) is 0 Å². The Morgan fingerprint density at radius 3 is 2.69 bits per heavy atom. The van der Waals surface area contributed by atoms with Crippen LogP contribution in [0.25, 0.3) is 0 Å². The maximum atomic E-state index is 3.81. The Hall–Kier alpha value is -0.300. The van der Waals surface area contributed by atoms with E-state index in [-0.39, 0.29) is 0 Å². The van der Waals surface area contributed by atoms with Gasteiger partial charge in [0.05, 0.1) is 0 Å². The van der Waals surface area contributed by atoms with Crippen LogP contribution in [0, 0.1) is 5.92 Å². The predicted octanol–water partition coefficient (Wildman–Crippen LogP) is 4.05. The zero-order valence-corrected chi connectivity index (χ0v) is 10.8. The van der Waals surface area contributed by atoms with E-state index in [1.165, 1.54) is 64.3 Å². The van der Waals surface area contributed by atoms with Gasteiger partial charge in [-0.05, 0) is 51.0 Å². The molecule has 2 rings (SSSR count). The molecule has 2 aliphatic carbocycles. The molecule has 1 saturated carbocycles. The molecule has 0 saturated heterocycles. The van der Waals surface area contributed by atoms with Crippen molar-refractivity contribution in [3.63, 3.8) is 0 Å². The van der Waals surface area contributed by atoms with Crippen molar-refractivity contribution in [3.8, 4) is 0 Å². The highest BCUT2D eigenvalue weighted by Gasteiger charge is 2.26. The Balaban J connectivity index is 1.94. The number of hydrogen-bond donors (Lipinski definition) is 1. The molecule has 0 bridgehead atoms. The Morgan fingerprint density at radius 2 is 2.06 bits per heavy atom. The molecular weight excluding hydrogens is 194 g/mol. The van der Waals surface area contributed by atoms with Crippen LogP contribution in [0.5, 0.6) is 0 Å². The standard InChI is InChI=1S/C15H27N/c1-2-12-16-15(14-10-6-7-11-14)13-8-4-3-5-9-13/h10,13,15-16H,2-9,11-12H2,1H3. The summed E-state index contributed by atoms with van der Waals surface area (Å²) in [7, 11) is 0. The smallest absolute Gasteiger partial charge is 0.0307 e. The molecule has 0 aromatic rings. The van der Waals surface area contributed by atoms with Crippen molar-refractivity contribution in [3.05, 3.63) is 11.6 Å². The third kappa shape index (κ3) is 3.10. The molecule has 1 N–H and O–H groups in total. The maximum Gasteiger partial charge on any atom is 0.0307 e. The minimum atomic E-state index is 0.725. The Labute approximate surface area is 101 Å². The van der Waals surface area contributed by atoms with Crippen molar-refractivity contribution < 1.29 is 0 Å². The van der Waals surface area contributed by atoms with E-state index >= 15 is 0 Å². The second kappa shape index (κ2) is 6.44. The summed E-state index contributed by atoms with van der Waals surface area (Å²) in [6, 6.07) is 0.725. The zero-order valence-electron chi connectivity index (χ0n) is 10.8. The van der Waals surface area contributed by atoms with Crippen molar-refractivity contribution >= 4 is 0 Å². The quantitative estimate of drug-likeness (QED) is 0.691. The summed E-state index contributed by atoms with van der Waals surface area (Å²) in [4.78, 5) is 0. The van der Waals surface area contributed by atoms with Gasteiger partial charge in [0.1, 0.15) is 0 Å². The first-order chi connectivity index (χ1) is 7.92. The van der Waals surface area contributed by atoms with Gasteiger partial charge in [-0.15, -0.1) is 0 Å². The molecule has 1 unspecified atom stereocenters. The van der Waals surface area contributed by atoms with Crippen LogP contribution in [0.4, 0.5) is 0 Å². The van der Waals surface area contributed by atoms with E-state index in [1.807, 2.05) is 0 Å². The van der Waals surface area contributed by atoms with Gasteiger partial charge in [0.2, 0.25) is 0 Å². The van der Waals surface area contributed by atoms with Crippen molar-refractivity contribution in [1.29, 1.82) is 0 Å². The molecule has 1 heteroatoms. The number of nitrogens with one attached hydrogen (secondary N) is 1. The lowest BCUT2D eigenvalue weighted by molar-refractivity contribution is 0.290. The fourth-order valence-electron chi connectivity index (χ4n) is 3.35. The average Bonchev–Trinajstić information content (AvgIpc) is 2.85. The fourth-order valence-corrected chi connectivity index (χ4v) is 3.35. The van der Waals surface area contributed by atoms with Crippen LogP contribution in [0.2, 0.25) is 0 Å². The van der Waals surface area contributed by atoms with Crippen molar-refractivity contribution in [1.82, 2.24) is 5.32 Å². The minimum absolute atomic E-state index is 0.725. The molecule has 0 amide bonds. The molecule has 0 aromatic carbocycles. The highest BCUT2D eigenvalue weighted by Crippen LogP contribution is 2.33. The van der Waals surface area contributed by atoms with Gasteiger partial charge in [0.15, 0.2) is 0 Å². The number of rotatable bonds is 5. The van der Waals surface area contributed by atoms with Crippen LogP contribution in [-0.4, -0.2) is 12.6 Å². The first-order valence-electron chi connectivity index (χ1n) is 7.34. The van der Waals surface area contributed by atoms with Crippen LogP contribution in [0.15, 0.2) is 11.6 Å². The SMILES string of the molecule is CCCNC(C1=CCCC1)C1CCCCC1. The first-order valence-corrected chi connectivity index (χ1v) is 7.34. The lowest BCUT2D eigenvalue weighted by Crippen LogP contribution is -2.39. The summed E-state index contributed by atoms with van der Waals surface area (Å²) in [5.41, 5.74) is 1.74. The maximum absolute atomic E-state index is 3.81. The van der Waals surface area contributed by atoms with Crippen molar-refractivity contribution in [2.24, 2.45) is 5.92 Å². The monoisotopic (exact) mass is 221 g/mol. The molecule has 0 heterocycles. The summed E-state index contributed by atoms with van der Waals surface area (Å²) in [6.45, 7) is 3.46. The molecule has 0 aromatic heterocycles. The summed E-state index contributed by atoms with van der Waals surface area (Å²) >= 11 is 0. The molecule has 0 aliphatic heterocycles. The van der Waals surface area contributed by atoms with Crippen LogP contribution in [0.3, 0.4) is 0 Å². The van der Waals surface area contributed by atoms with Gasteiger partial charge in [-0.2, -0.15) is 0 Å². The van der Waals surface area contributed by atoms with E-state index < -0.39 is 0 Å². The Kier molecular flexibility index (Phi) is 4.90. The van der Waals surface area contributed by atoms with E-state index in [0.717, 1.165) is 12.0 Å². The van der Waals surface area contributed by atoms with Crippen LogP contribution in [-0.2, 0) is 0 Å². The summed E-state index contributed by atoms with van der Waals surface area (Å²) in [5, 5.41) is 3.81. The normalized spacial score (nSPS) is 24.4. The van der Waals surface area contributed by atoms with Gasteiger partial charge in [-0.3, -0.25) is 0 Å². The molecule has 0 spiro atoms. The first kappa shape index (κ1) is 12.2. The van der Waals surface area contributed by atoms with E-state index in [2.05, 4.69) is 18.3 Å². The molecular formula is C15H27N. The van der Waals surface area contributed by atoms with Gasteiger partial charge < -0.3 is 5.32 Å². The number of allylic oxidation sites excluding steroid dienone is 1. The third-order valence-corrected chi connectivity index (χ3v) is 4.21. The third-order valence-electron chi connectivity index (χ3n) is 4.21. The largest absolute Gasteiger partial charge is 0.310 e. The fraction of sp³-hybridized carbons (Fsp3) is 0.867. The van der Waals surface area contributed by atoms with Crippen LogP contribution >= 0.6 is 0 Å². The summed E-state index contributed by atoms with van der Waals surface area (Å²) in [6.07, 6.45) is 15.2. The second-order valence-electron chi connectivity index (χ2n) is 5.50. The highest BCUT2D eigenvalue weighted by atomic mass is 14.9. The lowest BCUT2D eigenvalue weighted by Gasteiger charge is -2.32. The number of hydrogen-bond acceptors (Lipinski definition) is 1. The van der Waals surface area contributed by atoms with Gasteiger partial charge in [0, 0.05) is 6.04 Å². The Morgan fingerprint density at radius 1 is 1.25 bits per heavy atom. The van der Waals surface area contributed by atoms with Crippen molar-refractivity contribution in [2.45, 2.75) is 70.8 Å². The van der Waals surface area contributed by atoms with Gasteiger partial charge in [-0.1, -0.05) is 37.8 Å². The van der Waals surface area contributed by atoms with Gasteiger partial charge in [0.25, 0.3) is 0 Å². The van der Waals surface area contributed by atoms with Crippen LogP contribution in [0.1, 0.15) is 64.7 Å². The Bertz CT molecular complexity index is 226. The zero-order chi connectivity index (χ0) is 11.2. The van der Waals surface area contributed by atoms with E-state index in [1.54, 1.807) is 5.57 Å². The van der Waals surface area contributed by atoms with Crippen LogP contribution < -0.4 is 5.32 Å². The van der Waals surface area contributed by atoms with E-state index in [9.17, 15) is 0 Å². The minimum Gasteiger partial charge on any atom is -0.310 e. The average molecular weight is 221 g/mol. The molecule has 1 atom stereocenters. The van der Waals surface area contributed by atoms with Gasteiger partial charge in [-0.25, -0.2) is 0 Å².